The van der Waals surface area contributed by atoms with E-state index in [0.717, 1.165) is 53.0 Å². The summed E-state index contributed by atoms with van der Waals surface area (Å²) in [6, 6.07) is 5.21. The number of hydrogen-bond acceptors (Lipinski definition) is 24. The van der Waals surface area contributed by atoms with Crippen molar-refractivity contribution in [3.05, 3.63) is 81.3 Å². The van der Waals surface area contributed by atoms with E-state index >= 15 is 0 Å². The number of hydrogen-bond donors (Lipinski definition) is 14. The summed E-state index contributed by atoms with van der Waals surface area (Å²) in [5, 5.41) is 79.9. The highest BCUT2D eigenvalue weighted by molar-refractivity contribution is 8.76. The first-order chi connectivity index (χ1) is 55.5. The Hall–Kier alpha value is -9.95. The first-order valence-electron chi connectivity index (χ1n) is 39.3. The fraction of sp³-hybridized carbons (Fsp3) is 0.608. The van der Waals surface area contributed by atoms with Crippen LogP contribution in [0.5, 0.6) is 5.75 Å². The number of rotatable bonds is 56. The molecule has 4 rings (SSSR count). The summed E-state index contributed by atoms with van der Waals surface area (Å²) < 4.78 is 11.0. The van der Waals surface area contributed by atoms with Crippen LogP contribution in [0.15, 0.2) is 53.9 Å². The van der Waals surface area contributed by atoms with Gasteiger partial charge < -0.3 is 87.5 Å². The summed E-state index contributed by atoms with van der Waals surface area (Å²) in [4.78, 5) is 214. The molecule has 3 aromatic rings. The molecule has 117 heavy (non-hydrogen) atoms. The van der Waals surface area contributed by atoms with Crippen molar-refractivity contribution in [2.24, 2.45) is 29.6 Å². The normalized spacial score (nSPS) is 15.3. The summed E-state index contributed by atoms with van der Waals surface area (Å²) in [7, 11) is 3.92. The standard InChI is InChI=1S/C79H115N11O24S3/c1-9-16-69(101)114-45-90(75(106)56(47(5)10-2)39-64(93)61-18-12-14-30-89(61)8)62(46(3)4)34-49(7)74-87-59(43-115-74)73(105)84-54(35-50-24-26-55(91)27-25-50)33-48(6)71(103)82-42-70(102)113-31-32-116-117-44-60(77(109)110)86-72(104)53(38-67(97)98)37-63(92)58(40-68(99)100)85-65(94)36-51-20-22-52(23-21-51)41-83-78(111)80-28-13-11-17-57(76(107)108)88-79(112)81-29-15-19-66(95)96/h20-27,43,46-49,53-54,56-58,60-62,91H,9-19,28-42,44-45H2,1-8H3,(H,82,103)(H,84,105)(H,85,94)(H,86,104)(H,95,96)(H,97,98)(H,99,100)(H,107,108)(H,109,110)(H2,80,83,111)(H2,81,88,112)/t47?,48?,49-,53+,54?,56+,57+,58+,60+,61-,62-/m1/s1. The molecular formula is C79H115N11O24S3. The van der Waals surface area contributed by atoms with E-state index in [1.54, 1.807) is 41.5 Å². The highest BCUT2D eigenvalue weighted by Crippen LogP contribution is 2.33. The number of nitrogens with zero attached hydrogens (tertiary/aromatic N) is 3. The van der Waals surface area contributed by atoms with Crippen LogP contribution in [0.3, 0.4) is 0 Å². The third-order valence-electron chi connectivity index (χ3n) is 19.7. The van der Waals surface area contributed by atoms with E-state index in [1.807, 2.05) is 48.6 Å². The topological polar surface area (TPSA) is 529 Å². The number of carbonyl (C=O) groups excluding carboxylic acids is 11. The van der Waals surface area contributed by atoms with Crippen molar-refractivity contribution in [1.82, 2.24) is 57.3 Å². The lowest BCUT2D eigenvalue weighted by atomic mass is 9.82. The van der Waals surface area contributed by atoms with E-state index < -0.39 is 157 Å². The minimum absolute atomic E-state index is 0.0158. The maximum atomic E-state index is 15.0. The number of likely N-dealkylation sites (N-methyl/N-ethyl adjacent to an activating group) is 1. The monoisotopic (exact) mass is 1700 g/mol. The average molecular weight is 1700 g/mol. The van der Waals surface area contributed by atoms with Gasteiger partial charge in [-0.3, -0.25) is 62.4 Å². The molecule has 0 saturated carbocycles. The Kier molecular flexibility index (Phi) is 44.8. The molecule has 38 heteroatoms. The Balaban J connectivity index is 1.26. The fourth-order valence-electron chi connectivity index (χ4n) is 12.9. The third kappa shape index (κ3) is 37.9. The summed E-state index contributed by atoms with van der Waals surface area (Å²) in [5.41, 5.74) is 1.82. The molecule has 11 atom stereocenters. The molecule has 648 valence electrons. The van der Waals surface area contributed by atoms with Gasteiger partial charge in [-0.15, -0.1) is 11.3 Å². The number of amides is 9. The van der Waals surface area contributed by atoms with Gasteiger partial charge in [-0.2, -0.15) is 0 Å². The van der Waals surface area contributed by atoms with Gasteiger partial charge in [-0.1, -0.05) is 119 Å². The summed E-state index contributed by atoms with van der Waals surface area (Å²) in [5.74, 6) is -16.5. The Morgan fingerprint density at radius 2 is 1.31 bits per heavy atom. The number of carbonyl (C=O) groups is 16. The molecule has 1 saturated heterocycles. The van der Waals surface area contributed by atoms with Crippen LogP contribution in [0.2, 0.25) is 0 Å². The van der Waals surface area contributed by atoms with E-state index in [1.165, 1.54) is 35.6 Å². The molecular weight excluding hydrogens is 1580 g/mol. The summed E-state index contributed by atoms with van der Waals surface area (Å²) in [6.07, 6.45) is 2.25. The van der Waals surface area contributed by atoms with E-state index in [-0.39, 0.29) is 143 Å². The predicted octanol–water partition coefficient (Wildman–Crippen LogP) is 6.42. The van der Waals surface area contributed by atoms with Gasteiger partial charge in [0.2, 0.25) is 23.6 Å². The number of piperidine rings is 1. The van der Waals surface area contributed by atoms with E-state index in [0.29, 0.717) is 48.2 Å². The van der Waals surface area contributed by atoms with E-state index in [9.17, 15) is 102 Å². The first kappa shape index (κ1) is 99.4. The number of ether oxygens (including phenoxy) is 2. The maximum absolute atomic E-state index is 15.0. The second-order valence-corrected chi connectivity index (χ2v) is 33.1. The van der Waals surface area contributed by atoms with Crippen molar-refractivity contribution in [3.8, 4) is 5.75 Å². The lowest BCUT2D eigenvalue weighted by Crippen LogP contribution is -2.50. The number of carboxylic acids is 5. The van der Waals surface area contributed by atoms with Crippen LogP contribution in [-0.2, 0) is 91.2 Å². The van der Waals surface area contributed by atoms with Gasteiger partial charge in [0.1, 0.15) is 36.7 Å². The largest absolute Gasteiger partial charge is 0.508 e. The third-order valence-corrected chi connectivity index (χ3v) is 23.2. The summed E-state index contributed by atoms with van der Waals surface area (Å²) >= 11 is 1.26. The Labute approximate surface area is 692 Å². The predicted molar refractivity (Wildman–Crippen MR) is 433 cm³/mol. The van der Waals surface area contributed by atoms with Crippen molar-refractivity contribution in [2.75, 3.05) is 58.1 Å². The highest BCUT2D eigenvalue weighted by atomic mass is 33.1. The lowest BCUT2D eigenvalue weighted by Gasteiger charge is -2.39. The molecule has 9 amide bonds. The minimum atomic E-state index is -1.74. The second-order valence-electron chi connectivity index (χ2n) is 29.6. The molecule has 1 aliphatic rings. The zero-order valence-corrected chi connectivity index (χ0v) is 70.0. The van der Waals surface area contributed by atoms with Crippen molar-refractivity contribution in [1.29, 1.82) is 0 Å². The minimum Gasteiger partial charge on any atom is -0.508 e. The number of carboxylic acid groups (broad SMARTS) is 5. The van der Waals surface area contributed by atoms with Gasteiger partial charge in [-0.25, -0.2) is 24.2 Å². The molecule has 0 aliphatic carbocycles. The number of nitrogens with one attached hydrogen (secondary N) is 8. The van der Waals surface area contributed by atoms with Crippen LogP contribution in [0, 0.1) is 29.6 Å². The van der Waals surface area contributed by atoms with Crippen molar-refractivity contribution < 1.29 is 117 Å². The number of aromatic nitrogens is 1. The Morgan fingerprint density at radius 3 is 1.94 bits per heavy atom. The molecule has 35 nitrogen and oxygen atoms in total. The zero-order valence-electron chi connectivity index (χ0n) is 67.5. The molecule has 1 aliphatic heterocycles. The molecule has 0 bridgehead atoms. The molecule has 3 unspecified atom stereocenters. The Morgan fingerprint density at radius 1 is 0.650 bits per heavy atom. The highest BCUT2D eigenvalue weighted by Gasteiger charge is 2.40. The molecule has 1 fully saturated rings. The number of benzene rings is 2. The van der Waals surface area contributed by atoms with Crippen LogP contribution >= 0.6 is 32.9 Å². The van der Waals surface area contributed by atoms with Gasteiger partial charge in [0.05, 0.1) is 42.3 Å². The number of phenols is 1. The Bertz CT molecular complexity index is 3810. The molecule has 1 aromatic heterocycles. The van der Waals surface area contributed by atoms with Crippen molar-refractivity contribution in [2.45, 2.75) is 219 Å². The number of thiazole rings is 1. The van der Waals surface area contributed by atoms with Crippen LogP contribution in [-0.4, -0.2) is 235 Å². The van der Waals surface area contributed by atoms with Crippen LogP contribution in [0.4, 0.5) is 9.59 Å². The molecule has 2 aromatic carbocycles. The smallest absolute Gasteiger partial charge is 0.327 e. The first-order valence-corrected chi connectivity index (χ1v) is 42.6. The van der Waals surface area contributed by atoms with E-state index in [2.05, 4.69) is 47.4 Å². The number of aliphatic carboxylic acids is 5. The molecule has 0 radical (unpaired) electrons. The molecule has 2 heterocycles. The van der Waals surface area contributed by atoms with Crippen molar-refractivity contribution >= 4 is 128 Å². The number of unbranched alkanes of at least 4 members (excludes halogenated alkanes) is 1. The number of ketones is 2. The van der Waals surface area contributed by atoms with Crippen LogP contribution in [0.25, 0.3) is 0 Å². The van der Waals surface area contributed by atoms with Gasteiger partial charge in [0, 0.05) is 92.0 Å². The molecule has 0 spiro atoms. The number of esters is 2. The van der Waals surface area contributed by atoms with Crippen LogP contribution < -0.4 is 42.5 Å². The van der Waals surface area contributed by atoms with Crippen molar-refractivity contribution in [3.63, 3.8) is 0 Å². The summed E-state index contributed by atoms with van der Waals surface area (Å²) in [6.45, 7) is 13.3. The fourth-order valence-corrected chi connectivity index (χ4v) is 15.7. The number of aromatic hydroxyl groups is 1. The number of urea groups is 2. The second kappa shape index (κ2) is 52.7. The van der Waals surface area contributed by atoms with Gasteiger partial charge in [-0.05, 0) is 118 Å². The van der Waals surface area contributed by atoms with Gasteiger partial charge in [0.25, 0.3) is 5.91 Å². The number of Topliss-reactive ketones (excluding diaryl/α,β-unsaturated/α-hetero) is 2. The van der Waals surface area contributed by atoms with Gasteiger partial charge in [0.15, 0.2) is 18.3 Å². The van der Waals surface area contributed by atoms with E-state index in [4.69, 9.17) is 19.6 Å². The molecule has 14 N–H and O–H groups in total. The van der Waals surface area contributed by atoms with Gasteiger partial charge >= 0.3 is 53.8 Å². The SMILES string of the molecule is CCCC(=O)OCN(C(=O)[C@@H](CC(=O)[C@H]1CCCCN1C)C(C)CC)[C@H](C[C@@H](C)c1nc(C(=O)NC(Cc2ccc(O)cc2)CC(C)C(=O)NCC(=O)OCCSSC[C@H](NC(=O)[C@H](CC(=O)O)CC(=O)[C@H](CC(=O)O)NC(=O)Cc2ccc(CNC(=O)NCCCC[C@H](NC(=O)NCCCC(=O)O)C(=O)O)cc2)C(=O)O)cs1)C(C)C. The maximum Gasteiger partial charge on any atom is 0.327 e. The van der Waals surface area contributed by atoms with Crippen LogP contribution in [0.1, 0.15) is 196 Å². The number of likely N-dealkylation sites (tertiary alicyclic amines) is 1. The zero-order chi connectivity index (χ0) is 86.8. The average Bonchev–Trinajstić information content (AvgIpc) is 1.77. The lowest BCUT2D eigenvalue weighted by molar-refractivity contribution is -0.160. The quantitative estimate of drug-likeness (QED) is 0.0125. The number of phenolic OH excluding ortho intramolecular Hbond substituents is 1.